The van der Waals surface area contributed by atoms with Crippen molar-refractivity contribution in [2.45, 2.75) is 18.9 Å². The number of hydrogen-bond donors (Lipinski definition) is 1. The van der Waals surface area contributed by atoms with E-state index >= 15 is 0 Å². The van der Waals surface area contributed by atoms with Gasteiger partial charge in [0.05, 0.1) is 12.2 Å². The number of carbonyl (C=O) groups is 2. The summed E-state index contributed by atoms with van der Waals surface area (Å²) in [6.45, 7) is 4.57. The van der Waals surface area contributed by atoms with E-state index in [1.54, 1.807) is 40.0 Å². The van der Waals surface area contributed by atoms with Crippen molar-refractivity contribution in [3.63, 3.8) is 0 Å². The molecule has 2 amide bonds. The first-order chi connectivity index (χ1) is 17.4. The average Bonchev–Trinajstić information content (AvgIpc) is 3.29. The molecule has 10 heteroatoms. The fourth-order valence-corrected chi connectivity index (χ4v) is 4.45. The number of hydrogen-bond acceptors (Lipinski definition) is 5. The monoisotopic (exact) mass is 488 g/mol. The number of nitrogens with one attached hydrogen (secondary N) is 1. The van der Waals surface area contributed by atoms with E-state index in [0.717, 1.165) is 19.0 Å². The highest BCUT2D eigenvalue weighted by Gasteiger charge is 2.28. The van der Waals surface area contributed by atoms with Crippen molar-refractivity contribution in [1.82, 2.24) is 24.6 Å². The molecule has 3 aromatic heterocycles. The number of piperidine rings is 1. The SMILES string of the molecule is C=CC(=O)N1CCCC(n2nc(-c3ccc(C(=O)Nc4cccc(F)n4)cc3)c3cncc(F)c32)C1. The summed E-state index contributed by atoms with van der Waals surface area (Å²) in [5.41, 5.74) is 1.84. The smallest absolute Gasteiger partial charge is 0.256 e. The second kappa shape index (κ2) is 9.65. The lowest BCUT2D eigenvalue weighted by molar-refractivity contribution is -0.127. The summed E-state index contributed by atoms with van der Waals surface area (Å²) in [4.78, 5) is 34.0. The fraction of sp³-hybridized carbons (Fsp3) is 0.192. The van der Waals surface area contributed by atoms with Gasteiger partial charge in [-0.05, 0) is 43.2 Å². The Labute approximate surface area is 205 Å². The van der Waals surface area contributed by atoms with Gasteiger partial charge in [-0.3, -0.25) is 19.3 Å². The van der Waals surface area contributed by atoms with Gasteiger partial charge >= 0.3 is 0 Å². The molecule has 5 rings (SSSR count). The number of anilines is 1. The quantitative estimate of drug-likeness (QED) is 0.333. The first-order valence-corrected chi connectivity index (χ1v) is 11.4. The zero-order chi connectivity index (χ0) is 25.2. The number of amides is 2. The van der Waals surface area contributed by atoms with Gasteiger partial charge in [0.2, 0.25) is 11.9 Å². The molecular formula is C26H22F2N6O2. The third-order valence-corrected chi connectivity index (χ3v) is 6.17. The second-order valence-corrected chi connectivity index (χ2v) is 8.47. The molecule has 0 saturated carbocycles. The van der Waals surface area contributed by atoms with E-state index in [-0.39, 0.29) is 17.8 Å². The summed E-state index contributed by atoms with van der Waals surface area (Å²) in [6.07, 6.45) is 5.49. The Morgan fingerprint density at radius 3 is 2.67 bits per heavy atom. The van der Waals surface area contributed by atoms with Crippen LogP contribution in [0.15, 0.2) is 67.5 Å². The number of likely N-dealkylation sites (tertiary alicyclic amines) is 1. The van der Waals surface area contributed by atoms with Crippen molar-refractivity contribution in [2.75, 3.05) is 18.4 Å². The largest absolute Gasteiger partial charge is 0.337 e. The Morgan fingerprint density at radius 2 is 1.92 bits per heavy atom. The molecular weight excluding hydrogens is 466 g/mol. The summed E-state index contributed by atoms with van der Waals surface area (Å²) in [5, 5.41) is 7.82. The highest BCUT2D eigenvalue weighted by atomic mass is 19.1. The van der Waals surface area contributed by atoms with Crippen molar-refractivity contribution >= 4 is 28.5 Å². The van der Waals surface area contributed by atoms with Gasteiger partial charge in [0.25, 0.3) is 5.91 Å². The van der Waals surface area contributed by atoms with Crippen LogP contribution in [0.3, 0.4) is 0 Å². The Bertz CT molecular complexity index is 1470. The Balaban J connectivity index is 1.46. The van der Waals surface area contributed by atoms with Gasteiger partial charge in [0.15, 0.2) is 5.82 Å². The lowest BCUT2D eigenvalue weighted by Gasteiger charge is -2.32. The number of pyridine rings is 2. The second-order valence-electron chi connectivity index (χ2n) is 8.47. The Hall–Kier alpha value is -4.47. The van der Waals surface area contributed by atoms with Gasteiger partial charge in [0, 0.05) is 35.8 Å². The molecule has 36 heavy (non-hydrogen) atoms. The van der Waals surface area contributed by atoms with Crippen LogP contribution < -0.4 is 5.32 Å². The summed E-state index contributed by atoms with van der Waals surface area (Å²) in [6, 6.07) is 10.5. The predicted molar refractivity (Wildman–Crippen MR) is 130 cm³/mol. The van der Waals surface area contributed by atoms with Crippen molar-refractivity contribution in [3.8, 4) is 11.3 Å². The van der Waals surface area contributed by atoms with Gasteiger partial charge in [-0.15, -0.1) is 0 Å². The van der Waals surface area contributed by atoms with Crippen molar-refractivity contribution < 1.29 is 18.4 Å². The number of benzene rings is 1. The number of halogens is 2. The minimum Gasteiger partial charge on any atom is -0.337 e. The van der Waals surface area contributed by atoms with Crippen LogP contribution in [0.2, 0.25) is 0 Å². The maximum absolute atomic E-state index is 15.0. The molecule has 1 saturated heterocycles. The highest BCUT2D eigenvalue weighted by Crippen LogP contribution is 2.33. The first kappa shape index (κ1) is 23.3. The predicted octanol–water partition coefficient (Wildman–Crippen LogP) is 4.37. The summed E-state index contributed by atoms with van der Waals surface area (Å²) < 4.78 is 29.9. The summed E-state index contributed by atoms with van der Waals surface area (Å²) in [5.74, 6) is -1.71. The van der Waals surface area contributed by atoms with Gasteiger partial charge < -0.3 is 10.2 Å². The molecule has 1 aromatic carbocycles. The van der Waals surface area contributed by atoms with E-state index in [2.05, 4.69) is 21.9 Å². The molecule has 182 valence electrons. The molecule has 0 bridgehead atoms. The van der Waals surface area contributed by atoms with Gasteiger partial charge in [-0.25, -0.2) is 9.37 Å². The topological polar surface area (TPSA) is 93.0 Å². The maximum atomic E-state index is 15.0. The molecule has 1 unspecified atom stereocenters. The lowest BCUT2D eigenvalue weighted by Crippen LogP contribution is -2.40. The van der Waals surface area contributed by atoms with Crippen LogP contribution in [0.5, 0.6) is 0 Å². The number of nitrogens with zero attached hydrogens (tertiary/aromatic N) is 5. The molecule has 1 aliphatic rings. The number of fused-ring (bicyclic) bond motifs is 1. The number of rotatable bonds is 5. The molecule has 1 N–H and O–H groups in total. The van der Waals surface area contributed by atoms with Gasteiger partial charge in [0.1, 0.15) is 17.0 Å². The van der Waals surface area contributed by atoms with Crippen LogP contribution in [0, 0.1) is 11.8 Å². The van der Waals surface area contributed by atoms with Crippen LogP contribution in [-0.4, -0.2) is 49.6 Å². The van der Waals surface area contributed by atoms with E-state index < -0.39 is 17.7 Å². The molecule has 0 aliphatic carbocycles. The number of carbonyl (C=O) groups excluding carboxylic acids is 2. The van der Waals surface area contributed by atoms with E-state index in [4.69, 9.17) is 5.10 Å². The molecule has 1 fully saturated rings. The van der Waals surface area contributed by atoms with E-state index in [1.165, 1.54) is 24.3 Å². The first-order valence-electron chi connectivity index (χ1n) is 11.4. The zero-order valence-corrected chi connectivity index (χ0v) is 19.2. The van der Waals surface area contributed by atoms with Crippen LogP contribution in [0.4, 0.5) is 14.6 Å². The van der Waals surface area contributed by atoms with E-state index in [1.807, 2.05) is 0 Å². The zero-order valence-electron chi connectivity index (χ0n) is 19.2. The summed E-state index contributed by atoms with van der Waals surface area (Å²) in [7, 11) is 0. The molecule has 0 spiro atoms. The molecule has 0 radical (unpaired) electrons. The standard InChI is InChI=1S/C26H22F2N6O2/c1-2-23(35)33-12-4-5-18(15-33)34-25-19(13-29-14-20(25)27)24(32-34)16-8-10-17(11-9-16)26(36)31-22-7-3-6-21(28)30-22/h2-3,6-11,13-14,18H,1,4-5,12,15H2,(H,30,31,36). The van der Waals surface area contributed by atoms with Crippen molar-refractivity contribution in [2.24, 2.45) is 0 Å². The number of aromatic nitrogens is 4. The lowest BCUT2D eigenvalue weighted by atomic mass is 10.0. The third kappa shape index (κ3) is 4.45. The van der Waals surface area contributed by atoms with Crippen LogP contribution in [-0.2, 0) is 4.79 Å². The average molecular weight is 488 g/mol. The third-order valence-electron chi connectivity index (χ3n) is 6.17. The minimum absolute atomic E-state index is 0.104. The van der Waals surface area contributed by atoms with Crippen molar-refractivity contribution in [3.05, 3.63) is 84.8 Å². The van der Waals surface area contributed by atoms with E-state index in [0.29, 0.717) is 40.8 Å². The molecule has 4 heterocycles. The molecule has 8 nitrogen and oxygen atoms in total. The van der Waals surface area contributed by atoms with Crippen molar-refractivity contribution in [1.29, 1.82) is 0 Å². The van der Waals surface area contributed by atoms with Crippen LogP contribution in [0.1, 0.15) is 29.2 Å². The highest BCUT2D eigenvalue weighted by molar-refractivity contribution is 6.04. The minimum atomic E-state index is -0.693. The Kier molecular flexibility index (Phi) is 6.24. The van der Waals surface area contributed by atoms with Gasteiger partial charge in [-0.1, -0.05) is 24.8 Å². The fourth-order valence-electron chi connectivity index (χ4n) is 4.45. The summed E-state index contributed by atoms with van der Waals surface area (Å²) >= 11 is 0. The normalized spacial score (nSPS) is 15.6. The Morgan fingerprint density at radius 1 is 1.11 bits per heavy atom. The van der Waals surface area contributed by atoms with Gasteiger partial charge in [-0.2, -0.15) is 9.49 Å². The van der Waals surface area contributed by atoms with Crippen LogP contribution in [0.25, 0.3) is 22.2 Å². The molecule has 1 aliphatic heterocycles. The van der Waals surface area contributed by atoms with Crippen LogP contribution >= 0.6 is 0 Å². The molecule has 1 atom stereocenters. The maximum Gasteiger partial charge on any atom is 0.256 e. The molecule has 4 aromatic rings. The van der Waals surface area contributed by atoms with E-state index in [9.17, 15) is 18.4 Å².